The SMILES string of the molecule is CCCOc1cc(N(C)CC(N)COC)ncn1. The van der Waals surface area contributed by atoms with Crippen LogP contribution in [0.3, 0.4) is 0 Å². The Morgan fingerprint density at radius 1 is 1.44 bits per heavy atom. The number of anilines is 1. The van der Waals surface area contributed by atoms with Gasteiger partial charge in [0.25, 0.3) is 0 Å². The lowest BCUT2D eigenvalue weighted by molar-refractivity contribution is 0.181. The number of nitrogens with zero attached hydrogens (tertiary/aromatic N) is 3. The van der Waals surface area contributed by atoms with Crippen LogP contribution in [0.4, 0.5) is 5.82 Å². The van der Waals surface area contributed by atoms with Crippen LogP contribution in [0, 0.1) is 0 Å². The fourth-order valence-corrected chi connectivity index (χ4v) is 1.54. The minimum atomic E-state index is -0.0463. The van der Waals surface area contributed by atoms with Crippen LogP contribution in [0.1, 0.15) is 13.3 Å². The molecular formula is C12H22N4O2. The third-order valence-corrected chi connectivity index (χ3v) is 2.36. The van der Waals surface area contributed by atoms with Crippen molar-refractivity contribution >= 4 is 5.82 Å². The molecular weight excluding hydrogens is 232 g/mol. The zero-order chi connectivity index (χ0) is 13.4. The summed E-state index contributed by atoms with van der Waals surface area (Å²) in [4.78, 5) is 10.2. The minimum Gasteiger partial charge on any atom is -0.478 e. The van der Waals surface area contributed by atoms with Gasteiger partial charge in [-0.05, 0) is 6.42 Å². The van der Waals surface area contributed by atoms with Crippen molar-refractivity contribution in [1.82, 2.24) is 9.97 Å². The van der Waals surface area contributed by atoms with Crippen LogP contribution in [0.15, 0.2) is 12.4 Å². The Morgan fingerprint density at radius 3 is 2.89 bits per heavy atom. The molecule has 0 spiro atoms. The second-order valence-electron chi connectivity index (χ2n) is 4.16. The van der Waals surface area contributed by atoms with Crippen molar-refractivity contribution in [2.45, 2.75) is 19.4 Å². The van der Waals surface area contributed by atoms with E-state index < -0.39 is 0 Å². The summed E-state index contributed by atoms with van der Waals surface area (Å²) in [6, 6.07) is 1.77. The van der Waals surface area contributed by atoms with E-state index in [4.69, 9.17) is 15.2 Å². The Hall–Kier alpha value is -1.40. The van der Waals surface area contributed by atoms with Gasteiger partial charge in [-0.15, -0.1) is 0 Å². The first kappa shape index (κ1) is 14.7. The molecule has 0 bridgehead atoms. The molecule has 0 aromatic carbocycles. The Bertz CT molecular complexity index is 349. The molecule has 0 aliphatic carbocycles. The van der Waals surface area contributed by atoms with Crippen molar-refractivity contribution in [3.05, 3.63) is 12.4 Å². The molecule has 0 fully saturated rings. The van der Waals surface area contributed by atoms with Crippen molar-refractivity contribution in [3.8, 4) is 5.88 Å². The molecule has 0 radical (unpaired) electrons. The molecule has 1 unspecified atom stereocenters. The summed E-state index contributed by atoms with van der Waals surface area (Å²) < 4.78 is 10.5. The van der Waals surface area contributed by atoms with Gasteiger partial charge in [-0.1, -0.05) is 6.92 Å². The first-order valence-electron chi connectivity index (χ1n) is 6.07. The van der Waals surface area contributed by atoms with E-state index in [9.17, 15) is 0 Å². The van der Waals surface area contributed by atoms with Gasteiger partial charge in [-0.25, -0.2) is 9.97 Å². The predicted octanol–water partition coefficient (Wildman–Crippen LogP) is 0.675. The molecule has 0 saturated carbocycles. The van der Waals surface area contributed by atoms with Crippen LogP contribution < -0.4 is 15.4 Å². The summed E-state index contributed by atoms with van der Waals surface area (Å²) in [5.74, 6) is 1.39. The zero-order valence-corrected chi connectivity index (χ0v) is 11.3. The van der Waals surface area contributed by atoms with E-state index in [1.807, 2.05) is 18.0 Å². The predicted molar refractivity (Wildman–Crippen MR) is 70.9 cm³/mol. The highest BCUT2D eigenvalue weighted by Gasteiger charge is 2.09. The monoisotopic (exact) mass is 254 g/mol. The Morgan fingerprint density at radius 2 is 2.22 bits per heavy atom. The largest absolute Gasteiger partial charge is 0.478 e. The van der Waals surface area contributed by atoms with Crippen LogP contribution in [0.5, 0.6) is 5.88 Å². The first-order valence-corrected chi connectivity index (χ1v) is 6.07. The van der Waals surface area contributed by atoms with Gasteiger partial charge in [0.15, 0.2) is 0 Å². The number of methoxy groups -OCH3 is 1. The highest BCUT2D eigenvalue weighted by atomic mass is 16.5. The van der Waals surface area contributed by atoms with Crippen molar-refractivity contribution in [2.24, 2.45) is 5.73 Å². The number of ether oxygens (including phenoxy) is 2. The molecule has 6 nitrogen and oxygen atoms in total. The molecule has 0 saturated heterocycles. The van der Waals surface area contributed by atoms with Crippen LogP contribution in [-0.2, 0) is 4.74 Å². The van der Waals surface area contributed by atoms with Crippen molar-refractivity contribution in [1.29, 1.82) is 0 Å². The Balaban J connectivity index is 2.58. The molecule has 2 N–H and O–H groups in total. The van der Waals surface area contributed by atoms with Gasteiger partial charge in [0, 0.05) is 32.8 Å². The number of hydrogen-bond donors (Lipinski definition) is 1. The quantitative estimate of drug-likeness (QED) is 0.735. The highest BCUT2D eigenvalue weighted by molar-refractivity contribution is 5.39. The second-order valence-corrected chi connectivity index (χ2v) is 4.16. The van der Waals surface area contributed by atoms with Gasteiger partial charge in [0.05, 0.1) is 13.2 Å². The highest BCUT2D eigenvalue weighted by Crippen LogP contribution is 2.14. The Kier molecular flexibility index (Phi) is 6.38. The van der Waals surface area contributed by atoms with Crippen LogP contribution in [-0.4, -0.2) is 49.9 Å². The molecule has 1 heterocycles. The molecule has 0 aliphatic heterocycles. The fourth-order valence-electron chi connectivity index (χ4n) is 1.54. The van der Waals surface area contributed by atoms with E-state index >= 15 is 0 Å². The summed E-state index contributed by atoms with van der Waals surface area (Å²) in [5, 5.41) is 0. The number of nitrogens with two attached hydrogens (primary N) is 1. The van der Waals surface area contributed by atoms with Gasteiger partial charge in [-0.2, -0.15) is 0 Å². The summed E-state index contributed by atoms with van der Waals surface area (Å²) >= 11 is 0. The molecule has 1 rings (SSSR count). The fraction of sp³-hybridized carbons (Fsp3) is 0.667. The average molecular weight is 254 g/mol. The van der Waals surface area contributed by atoms with Crippen LogP contribution in [0.2, 0.25) is 0 Å². The molecule has 18 heavy (non-hydrogen) atoms. The maximum Gasteiger partial charge on any atom is 0.218 e. The van der Waals surface area contributed by atoms with Crippen molar-refractivity contribution < 1.29 is 9.47 Å². The number of rotatable bonds is 8. The van der Waals surface area contributed by atoms with Gasteiger partial charge < -0.3 is 20.1 Å². The normalized spacial score (nSPS) is 12.2. The molecule has 1 aromatic heterocycles. The van der Waals surface area contributed by atoms with Gasteiger partial charge >= 0.3 is 0 Å². The van der Waals surface area contributed by atoms with Crippen molar-refractivity contribution in [2.75, 3.05) is 38.8 Å². The summed E-state index contributed by atoms with van der Waals surface area (Å²) in [7, 11) is 3.57. The molecule has 0 amide bonds. The summed E-state index contributed by atoms with van der Waals surface area (Å²) in [6.07, 6.45) is 2.45. The van der Waals surface area contributed by atoms with E-state index in [0.29, 0.717) is 25.6 Å². The molecule has 1 atom stereocenters. The second kappa shape index (κ2) is 7.84. The van der Waals surface area contributed by atoms with E-state index in [1.165, 1.54) is 6.33 Å². The topological polar surface area (TPSA) is 73.5 Å². The molecule has 1 aromatic rings. The van der Waals surface area contributed by atoms with Crippen molar-refractivity contribution in [3.63, 3.8) is 0 Å². The Labute approximate surface area is 108 Å². The lowest BCUT2D eigenvalue weighted by atomic mass is 10.3. The third-order valence-electron chi connectivity index (χ3n) is 2.36. The van der Waals surface area contributed by atoms with Crippen LogP contribution in [0.25, 0.3) is 0 Å². The number of likely N-dealkylation sites (N-methyl/N-ethyl adjacent to an activating group) is 1. The lowest BCUT2D eigenvalue weighted by Crippen LogP contribution is -2.38. The molecule has 0 aliphatic rings. The third kappa shape index (κ3) is 4.85. The number of aromatic nitrogens is 2. The lowest BCUT2D eigenvalue weighted by Gasteiger charge is -2.22. The summed E-state index contributed by atoms with van der Waals surface area (Å²) in [6.45, 7) is 3.90. The molecule has 102 valence electrons. The van der Waals surface area contributed by atoms with E-state index in [0.717, 1.165) is 12.2 Å². The molecule has 6 heteroatoms. The smallest absolute Gasteiger partial charge is 0.218 e. The standard InChI is InChI=1S/C12H22N4O2/c1-4-5-18-12-6-11(14-9-15-12)16(2)7-10(13)8-17-3/h6,9-10H,4-5,7-8,13H2,1-3H3. The zero-order valence-electron chi connectivity index (χ0n) is 11.3. The van der Waals surface area contributed by atoms with E-state index in [2.05, 4.69) is 16.9 Å². The van der Waals surface area contributed by atoms with E-state index in [1.54, 1.807) is 7.11 Å². The van der Waals surface area contributed by atoms with Gasteiger partial charge in [0.1, 0.15) is 12.1 Å². The maximum atomic E-state index is 5.90. The summed E-state index contributed by atoms with van der Waals surface area (Å²) in [5.41, 5.74) is 5.90. The van der Waals surface area contributed by atoms with Gasteiger partial charge in [0.2, 0.25) is 5.88 Å². The minimum absolute atomic E-state index is 0.0463. The van der Waals surface area contributed by atoms with Gasteiger partial charge in [-0.3, -0.25) is 0 Å². The average Bonchev–Trinajstić information content (AvgIpc) is 2.37. The van der Waals surface area contributed by atoms with Crippen LogP contribution >= 0.6 is 0 Å². The first-order chi connectivity index (χ1) is 8.67. The maximum absolute atomic E-state index is 5.90. The van der Waals surface area contributed by atoms with E-state index in [-0.39, 0.29) is 6.04 Å². The number of hydrogen-bond acceptors (Lipinski definition) is 6.